The zero-order valence-electron chi connectivity index (χ0n) is 11.1. The van der Waals surface area contributed by atoms with E-state index >= 15 is 0 Å². The highest BCUT2D eigenvalue weighted by Gasteiger charge is 2.19. The Kier molecular flexibility index (Phi) is 4.23. The number of nitrogens with zero attached hydrogens (tertiary/aromatic N) is 1. The second-order valence-corrected chi connectivity index (χ2v) is 6.36. The molecule has 0 aromatic rings. The smallest absolute Gasteiger partial charge is 0.0311 e. The molecule has 0 radical (unpaired) electrons. The third-order valence-corrected chi connectivity index (χ3v) is 2.64. The first-order valence-electron chi connectivity index (χ1n) is 5.46. The number of allylic oxidation sites excluding steroid dienone is 1. The average molecular weight is 197 g/mol. The summed E-state index contributed by atoms with van der Waals surface area (Å²) in [6.07, 6.45) is 2.30. The fourth-order valence-corrected chi connectivity index (χ4v) is 1.16. The van der Waals surface area contributed by atoms with E-state index in [2.05, 4.69) is 60.1 Å². The molecule has 0 amide bonds. The maximum atomic E-state index is 4.15. The normalized spacial score (nSPS) is 12.8. The molecule has 0 aliphatic rings. The minimum Gasteiger partial charge on any atom is -0.374 e. The summed E-state index contributed by atoms with van der Waals surface area (Å²) < 4.78 is 0. The van der Waals surface area contributed by atoms with Crippen molar-refractivity contribution < 1.29 is 0 Å². The molecule has 0 saturated heterocycles. The van der Waals surface area contributed by atoms with Crippen molar-refractivity contribution in [2.24, 2.45) is 5.41 Å². The molecule has 1 nitrogen and oxygen atoms in total. The molecule has 0 aromatic carbocycles. The monoisotopic (exact) mass is 197 g/mol. The third-order valence-electron chi connectivity index (χ3n) is 2.64. The molecule has 0 spiro atoms. The van der Waals surface area contributed by atoms with Crippen molar-refractivity contribution in [1.29, 1.82) is 0 Å². The quantitative estimate of drug-likeness (QED) is 0.659. The molecule has 0 bridgehead atoms. The van der Waals surface area contributed by atoms with Gasteiger partial charge in [-0.1, -0.05) is 27.4 Å². The van der Waals surface area contributed by atoms with Crippen LogP contribution in [0.3, 0.4) is 0 Å². The standard InChI is InChI=1S/C13H27N/c1-11(9-10-12(2,3)4)14(8)13(5,6)7/h1,9-10H2,2-8H3. The summed E-state index contributed by atoms with van der Waals surface area (Å²) in [6, 6.07) is 0. The molecule has 1 heteroatoms. The van der Waals surface area contributed by atoms with Crippen molar-refractivity contribution in [3.8, 4) is 0 Å². The van der Waals surface area contributed by atoms with Gasteiger partial charge in [-0.25, -0.2) is 0 Å². The van der Waals surface area contributed by atoms with Gasteiger partial charge in [0, 0.05) is 18.3 Å². The molecule has 0 saturated carbocycles. The van der Waals surface area contributed by atoms with Crippen molar-refractivity contribution in [2.45, 2.75) is 59.9 Å². The molecule has 14 heavy (non-hydrogen) atoms. The largest absolute Gasteiger partial charge is 0.374 e. The highest BCUT2D eigenvalue weighted by molar-refractivity contribution is 4.98. The highest BCUT2D eigenvalue weighted by Crippen LogP contribution is 2.26. The van der Waals surface area contributed by atoms with Crippen LogP contribution in [0.25, 0.3) is 0 Å². The summed E-state index contributed by atoms with van der Waals surface area (Å²) in [5, 5.41) is 0. The molecule has 0 heterocycles. The van der Waals surface area contributed by atoms with Crippen LogP contribution in [-0.2, 0) is 0 Å². The average Bonchev–Trinajstić information content (AvgIpc) is 1.95. The van der Waals surface area contributed by atoms with Crippen LogP contribution in [0.2, 0.25) is 0 Å². The SMILES string of the molecule is C=C(CCC(C)(C)C)N(C)C(C)(C)C. The van der Waals surface area contributed by atoms with Gasteiger partial charge in [0.25, 0.3) is 0 Å². The molecule has 84 valence electrons. The van der Waals surface area contributed by atoms with Crippen molar-refractivity contribution >= 4 is 0 Å². The van der Waals surface area contributed by atoms with E-state index in [1.54, 1.807) is 0 Å². The summed E-state index contributed by atoms with van der Waals surface area (Å²) in [4.78, 5) is 2.28. The van der Waals surface area contributed by atoms with Crippen LogP contribution in [0.4, 0.5) is 0 Å². The van der Waals surface area contributed by atoms with E-state index in [0.29, 0.717) is 5.41 Å². The Balaban J connectivity index is 4.11. The molecular formula is C13H27N. The fourth-order valence-electron chi connectivity index (χ4n) is 1.16. The lowest BCUT2D eigenvalue weighted by Gasteiger charge is -2.36. The minimum absolute atomic E-state index is 0.189. The van der Waals surface area contributed by atoms with Gasteiger partial charge in [0.1, 0.15) is 0 Å². The summed E-state index contributed by atoms with van der Waals surface area (Å²) in [5.41, 5.74) is 1.84. The van der Waals surface area contributed by atoms with Gasteiger partial charge < -0.3 is 4.90 Å². The van der Waals surface area contributed by atoms with E-state index in [9.17, 15) is 0 Å². The van der Waals surface area contributed by atoms with Gasteiger partial charge >= 0.3 is 0 Å². The molecule has 0 atom stereocenters. The number of hydrogen-bond donors (Lipinski definition) is 0. The van der Waals surface area contributed by atoms with Crippen LogP contribution in [-0.4, -0.2) is 17.5 Å². The summed E-state index contributed by atoms with van der Waals surface area (Å²) in [5.74, 6) is 0. The first-order chi connectivity index (χ1) is 6.04. The summed E-state index contributed by atoms with van der Waals surface area (Å²) >= 11 is 0. The predicted octanol–water partition coefficient (Wildman–Crippen LogP) is 4.06. The predicted molar refractivity (Wildman–Crippen MR) is 65.3 cm³/mol. The van der Waals surface area contributed by atoms with Gasteiger partial charge in [0.15, 0.2) is 0 Å². The molecule has 0 aliphatic heterocycles. The lowest BCUT2D eigenvalue weighted by atomic mass is 9.89. The van der Waals surface area contributed by atoms with E-state index in [4.69, 9.17) is 0 Å². The molecule has 0 unspecified atom stereocenters. The lowest BCUT2D eigenvalue weighted by molar-refractivity contribution is 0.213. The molecular weight excluding hydrogens is 170 g/mol. The summed E-state index contributed by atoms with van der Waals surface area (Å²) in [6.45, 7) is 17.6. The Morgan fingerprint density at radius 3 is 1.79 bits per heavy atom. The van der Waals surface area contributed by atoms with Crippen LogP contribution >= 0.6 is 0 Å². The van der Waals surface area contributed by atoms with Gasteiger partial charge in [-0.2, -0.15) is 0 Å². The van der Waals surface area contributed by atoms with Gasteiger partial charge in [-0.3, -0.25) is 0 Å². The van der Waals surface area contributed by atoms with Crippen LogP contribution in [0, 0.1) is 5.41 Å². The number of hydrogen-bond acceptors (Lipinski definition) is 1. The van der Waals surface area contributed by atoms with Crippen LogP contribution in [0.5, 0.6) is 0 Å². The Hall–Kier alpha value is -0.460. The first kappa shape index (κ1) is 13.5. The van der Waals surface area contributed by atoms with Crippen LogP contribution < -0.4 is 0 Å². The van der Waals surface area contributed by atoms with Crippen LogP contribution in [0.1, 0.15) is 54.4 Å². The Morgan fingerprint density at radius 1 is 1.07 bits per heavy atom. The van der Waals surface area contributed by atoms with Gasteiger partial charge in [0.05, 0.1) is 0 Å². The maximum Gasteiger partial charge on any atom is 0.0311 e. The topological polar surface area (TPSA) is 3.24 Å². The van der Waals surface area contributed by atoms with Gasteiger partial charge in [-0.05, 0) is 39.0 Å². The van der Waals surface area contributed by atoms with E-state index in [1.807, 2.05) is 0 Å². The lowest BCUT2D eigenvalue weighted by Crippen LogP contribution is -2.37. The van der Waals surface area contributed by atoms with E-state index in [-0.39, 0.29) is 5.54 Å². The Bertz CT molecular complexity index is 190. The zero-order valence-corrected chi connectivity index (χ0v) is 11.1. The molecule has 0 aromatic heterocycles. The molecule has 0 N–H and O–H groups in total. The van der Waals surface area contributed by atoms with Crippen molar-refractivity contribution in [3.63, 3.8) is 0 Å². The van der Waals surface area contributed by atoms with E-state index < -0.39 is 0 Å². The Labute approximate surface area is 90.2 Å². The van der Waals surface area contributed by atoms with Crippen molar-refractivity contribution in [1.82, 2.24) is 4.90 Å². The maximum absolute atomic E-state index is 4.15. The third kappa shape index (κ3) is 5.31. The Morgan fingerprint density at radius 2 is 1.50 bits per heavy atom. The minimum atomic E-state index is 0.189. The zero-order chi connectivity index (χ0) is 11.6. The van der Waals surface area contributed by atoms with Crippen molar-refractivity contribution in [3.05, 3.63) is 12.3 Å². The second kappa shape index (κ2) is 4.37. The number of rotatable bonds is 3. The first-order valence-corrected chi connectivity index (χ1v) is 5.46. The molecule has 0 rings (SSSR count). The van der Waals surface area contributed by atoms with E-state index in [1.165, 1.54) is 12.1 Å². The van der Waals surface area contributed by atoms with Gasteiger partial charge in [0.2, 0.25) is 0 Å². The molecule has 0 aliphatic carbocycles. The van der Waals surface area contributed by atoms with Crippen LogP contribution in [0.15, 0.2) is 12.3 Å². The molecule has 0 fully saturated rings. The van der Waals surface area contributed by atoms with Crippen molar-refractivity contribution in [2.75, 3.05) is 7.05 Å². The van der Waals surface area contributed by atoms with Gasteiger partial charge in [-0.15, -0.1) is 0 Å². The summed E-state index contributed by atoms with van der Waals surface area (Å²) in [7, 11) is 2.13. The highest BCUT2D eigenvalue weighted by atomic mass is 15.2. The fraction of sp³-hybridized carbons (Fsp3) is 0.846. The van der Waals surface area contributed by atoms with E-state index in [0.717, 1.165) is 6.42 Å². The second-order valence-electron chi connectivity index (χ2n) is 6.36.